The van der Waals surface area contributed by atoms with Crippen LogP contribution in [0.25, 0.3) is 11.4 Å². The smallest absolute Gasteiger partial charge is 0.341 e. The number of nitrogens with zero attached hydrogens (tertiary/aromatic N) is 2. The third kappa shape index (κ3) is 6.01. The largest absolute Gasteiger partial charge is 0.507 e. The Morgan fingerprint density at radius 2 is 1.75 bits per heavy atom. The number of phenolic OH excluding ortho intramolecular Hbond substituents is 1. The van der Waals surface area contributed by atoms with Crippen molar-refractivity contribution in [3.63, 3.8) is 0 Å². The van der Waals surface area contributed by atoms with Crippen LogP contribution in [0.4, 0.5) is 0 Å². The molecule has 0 fully saturated rings. The molecule has 36 heavy (non-hydrogen) atoms. The zero-order valence-electron chi connectivity index (χ0n) is 20.9. The van der Waals surface area contributed by atoms with Crippen molar-refractivity contribution in [2.24, 2.45) is 0 Å². The Bertz CT molecular complexity index is 1270. The van der Waals surface area contributed by atoms with E-state index in [2.05, 4.69) is 53.2 Å². The van der Waals surface area contributed by atoms with E-state index in [1.54, 1.807) is 6.07 Å². The quantitative estimate of drug-likeness (QED) is 0.259. The van der Waals surface area contributed by atoms with Gasteiger partial charge < -0.3 is 19.7 Å². The van der Waals surface area contributed by atoms with E-state index in [-0.39, 0.29) is 17.4 Å². The molecule has 0 amide bonds. The number of phenols is 1. The number of hydrogen-bond donors (Lipinski definition) is 2. The molecule has 1 atom stereocenters. The number of imidazole rings is 1. The van der Waals surface area contributed by atoms with Gasteiger partial charge in [0.1, 0.15) is 17.1 Å². The third-order valence-electron chi connectivity index (χ3n) is 6.31. The highest BCUT2D eigenvalue weighted by Crippen LogP contribution is 2.27. The highest BCUT2D eigenvalue weighted by Gasteiger charge is 2.21. The fraction of sp³-hybridized carbons (Fsp3) is 0.267. The molecule has 1 aromatic heterocycles. The number of unbranched alkanes of at least 4 members (excludes halogenated alkanes) is 1. The lowest BCUT2D eigenvalue weighted by Crippen LogP contribution is -2.26. The predicted octanol–water partition coefficient (Wildman–Crippen LogP) is 5.92. The van der Waals surface area contributed by atoms with Gasteiger partial charge in [-0.3, -0.25) is 0 Å². The summed E-state index contributed by atoms with van der Waals surface area (Å²) in [5.41, 5.74) is 4.49. The Morgan fingerprint density at radius 3 is 2.44 bits per heavy atom. The van der Waals surface area contributed by atoms with Crippen LogP contribution in [0, 0.1) is 0 Å². The fourth-order valence-corrected chi connectivity index (χ4v) is 4.37. The molecule has 4 aromatic rings. The predicted molar refractivity (Wildman–Crippen MR) is 142 cm³/mol. The fourth-order valence-electron chi connectivity index (χ4n) is 4.37. The Kier molecular flexibility index (Phi) is 8.53. The zero-order chi connectivity index (χ0) is 25.3. The van der Waals surface area contributed by atoms with Crippen molar-refractivity contribution in [1.82, 2.24) is 14.9 Å². The summed E-state index contributed by atoms with van der Waals surface area (Å²) < 4.78 is 7.14. The number of hydrogen-bond acceptors (Lipinski definition) is 5. The minimum absolute atomic E-state index is 0.00963. The van der Waals surface area contributed by atoms with Crippen LogP contribution in [0.15, 0.2) is 85.1 Å². The molecule has 0 radical (unpaired) electrons. The van der Waals surface area contributed by atoms with Gasteiger partial charge in [-0.25, -0.2) is 9.78 Å². The number of esters is 1. The molecule has 0 aliphatic heterocycles. The molecule has 0 aliphatic rings. The van der Waals surface area contributed by atoms with Crippen molar-refractivity contribution < 1.29 is 14.6 Å². The van der Waals surface area contributed by atoms with Crippen molar-refractivity contribution >= 4 is 5.97 Å². The molecule has 6 heteroatoms. The lowest BCUT2D eigenvalue weighted by molar-refractivity contribution is 0.0597. The topological polar surface area (TPSA) is 76.4 Å². The van der Waals surface area contributed by atoms with Gasteiger partial charge in [0.2, 0.25) is 0 Å². The van der Waals surface area contributed by atoms with Crippen LogP contribution in [-0.2, 0) is 24.2 Å². The van der Waals surface area contributed by atoms with Gasteiger partial charge in [0, 0.05) is 18.7 Å². The maximum Gasteiger partial charge on any atom is 0.341 e. The van der Waals surface area contributed by atoms with E-state index in [0.29, 0.717) is 6.54 Å². The first-order valence-corrected chi connectivity index (χ1v) is 12.4. The van der Waals surface area contributed by atoms with Crippen molar-refractivity contribution in [2.75, 3.05) is 7.11 Å². The zero-order valence-corrected chi connectivity index (χ0v) is 20.9. The lowest BCUT2D eigenvalue weighted by Gasteiger charge is -2.22. The van der Waals surface area contributed by atoms with Crippen molar-refractivity contribution in [3.8, 4) is 17.1 Å². The Labute approximate surface area is 212 Å². The number of aromatic hydroxyl groups is 1. The summed E-state index contributed by atoms with van der Waals surface area (Å²) in [5, 5.41) is 13.8. The van der Waals surface area contributed by atoms with Crippen LogP contribution in [-0.4, -0.2) is 27.7 Å². The Hall–Kier alpha value is -3.90. The van der Waals surface area contributed by atoms with E-state index >= 15 is 0 Å². The van der Waals surface area contributed by atoms with Crippen LogP contribution < -0.4 is 5.32 Å². The molecule has 0 bridgehead atoms. The molecule has 6 nitrogen and oxygen atoms in total. The average Bonchev–Trinajstić information content (AvgIpc) is 3.35. The lowest BCUT2D eigenvalue weighted by atomic mass is 10.0. The first kappa shape index (κ1) is 25.2. The standard InChI is InChI=1S/C30H33N3O3/c1-3-4-17-33-27(21-32-29(33)24-13-9-6-10-14-24)26(19-22-11-7-5-8-12-22)31-20-23-15-16-28(34)25(18-23)30(35)36-2/h5-16,18,21,26,31,34H,3-4,17,19-20H2,1-2H3. The van der Waals surface area contributed by atoms with Crippen LogP contribution >= 0.6 is 0 Å². The Morgan fingerprint density at radius 1 is 1.03 bits per heavy atom. The van der Waals surface area contributed by atoms with Crippen molar-refractivity contribution in [1.29, 1.82) is 0 Å². The summed E-state index contributed by atoms with van der Waals surface area (Å²) in [6.07, 6.45) is 4.91. The SMILES string of the molecule is CCCCn1c(C(Cc2ccccc2)NCc2ccc(O)c(C(=O)OC)c2)cnc1-c1ccccc1. The first-order chi connectivity index (χ1) is 17.6. The molecule has 4 rings (SSSR count). The Balaban J connectivity index is 1.67. The van der Waals surface area contributed by atoms with Crippen LogP contribution in [0.3, 0.4) is 0 Å². The molecule has 2 N–H and O–H groups in total. The van der Waals surface area contributed by atoms with Gasteiger partial charge >= 0.3 is 5.97 Å². The van der Waals surface area contributed by atoms with Gasteiger partial charge in [0.25, 0.3) is 0 Å². The summed E-state index contributed by atoms with van der Waals surface area (Å²) in [7, 11) is 1.31. The molecule has 0 aliphatic carbocycles. The number of ether oxygens (including phenoxy) is 1. The normalized spacial score (nSPS) is 11.8. The molecule has 0 spiro atoms. The number of carbonyl (C=O) groups is 1. The van der Waals surface area contributed by atoms with E-state index in [1.807, 2.05) is 36.5 Å². The summed E-state index contributed by atoms with van der Waals surface area (Å²) in [6.45, 7) is 3.60. The van der Waals surface area contributed by atoms with E-state index in [4.69, 9.17) is 9.72 Å². The van der Waals surface area contributed by atoms with Gasteiger partial charge in [-0.1, -0.05) is 80.1 Å². The number of aromatic nitrogens is 2. The van der Waals surface area contributed by atoms with E-state index in [0.717, 1.165) is 48.5 Å². The minimum Gasteiger partial charge on any atom is -0.507 e. The van der Waals surface area contributed by atoms with Crippen LogP contribution in [0.5, 0.6) is 5.75 Å². The minimum atomic E-state index is -0.555. The number of benzene rings is 3. The van der Waals surface area contributed by atoms with Crippen molar-refractivity contribution in [3.05, 3.63) is 107 Å². The van der Waals surface area contributed by atoms with Gasteiger partial charge in [-0.15, -0.1) is 0 Å². The number of methoxy groups -OCH3 is 1. The molecule has 1 heterocycles. The number of rotatable bonds is 11. The van der Waals surface area contributed by atoms with Gasteiger partial charge in [0.15, 0.2) is 0 Å². The highest BCUT2D eigenvalue weighted by atomic mass is 16.5. The summed E-state index contributed by atoms with van der Waals surface area (Å²) in [4.78, 5) is 16.9. The van der Waals surface area contributed by atoms with Crippen LogP contribution in [0.1, 0.15) is 53.0 Å². The molecular formula is C30H33N3O3. The van der Waals surface area contributed by atoms with Gasteiger partial charge in [-0.2, -0.15) is 0 Å². The van der Waals surface area contributed by atoms with Gasteiger partial charge in [0.05, 0.1) is 25.0 Å². The van der Waals surface area contributed by atoms with Crippen LogP contribution in [0.2, 0.25) is 0 Å². The highest BCUT2D eigenvalue weighted by molar-refractivity contribution is 5.92. The molecular weight excluding hydrogens is 450 g/mol. The third-order valence-corrected chi connectivity index (χ3v) is 6.31. The molecule has 186 valence electrons. The first-order valence-electron chi connectivity index (χ1n) is 12.4. The second kappa shape index (κ2) is 12.2. The number of carbonyl (C=O) groups excluding carboxylic acids is 1. The van der Waals surface area contributed by atoms with E-state index in [9.17, 15) is 9.90 Å². The van der Waals surface area contributed by atoms with E-state index in [1.165, 1.54) is 18.7 Å². The summed E-state index contributed by atoms with van der Waals surface area (Å²) >= 11 is 0. The monoisotopic (exact) mass is 483 g/mol. The molecule has 0 saturated heterocycles. The summed E-state index contributed by atoms with van der Waals surface area (Å²) in [5.74, 6) is 0.327. The summed E-state index contributed by atoms with van der Waals surface area (Å²) in [6, 6.07) is 25.7. The maximum absolute atomic E-state index is 12.1. The average molecular weight is 484 g/mol. The van der Waals surface area contributed by atoms with Crippen molar-refractivity contribution in [2.45, 2.75) is 45.3 Å². The second-order valence-electron chi connectivity index (χ2n) is 8.84. The van der Waals surface area contributed by atoms with Gasteiger partial charge in [-0.05, 0) is 36.1 Å². The molecule has 1 unspecified atom stereocenters. The maximum atomic E-state index is 12.1. The molecule has 3 aromatic carbocycles. The molecule has 0 saturated carbocycles. The van der Waals surface area contributed by atoms with E-state index < -0.39 is 5.97 Å². The second-order valence-corrected chi connectivity index (χ2v) is 8.84. The number of nitrogens with one attached hydrogen (secondary N) is 1.